The summed E-state index contributed by atoms with van der Waals surface area (Å²) in [6, 6.07) is 11.6. The second-order valence-corrected chi connectivity index (χ2v) is 7.01. The molecule has 27 heavy (non-hydrogen) atoms. The molecule has 1 aliphatic rings. The number of para-hydroxylation sites is 1. The summed E-state index contributed by atoms with van der Waals surface area (Å²) >= 11 is 0. The van der Waals surface area contributed by atoms with Gasteiger partial charge in [0.15, 0.2) is 0 Å². The second kappa shape index (κ2) is 6.90. The van der Waals surface area contributed by atoms with Gasteiger partial charge in [0.2, 0.25) is 0 Å². The maximum absolute atomic E-state index is 13.0. The number of aryl methyl sites for hydroxylation is 3. The normalized spacial score (nSPS) is 16.7. The molecule has 1 aromatic carbocycles. The minimum absolute atomic E-state index is 0.0571. The molecular formula is C20H23N5O2. The van der Waals surface area contributed by atoms with E-state index in [0.29, 0.717) is 12.4 Å². The first-order chi connectivity index (χ1) is 13.0. The van der Waals surface area contributed by atoms with Crippen LogP contribution in [0.2, 0.25) is 0 Å². The van der Waals surface area contributed by atoms with Gasteiger partial charge in [-0.1, -0.05) is 23.4 Å². The Kier molecular flexibility index (Phi) is 4.43. The van der Waals surface area contributed by atoms with E-state index in [9.17, 15) is 4.79 Å². The number of amides is 2. The van der Waals surface area contributed by atoms with Gasteiger partial charge in [0.1, 0.15) is 17.3 Å². The number of likely N-dealkylation sites (tertiary alicyclic amines) is 1. The molecule has 140 valence electrons. The smallest absolute Gasteiger partial charge is 0.323 e. The van der Waals surface area contributed by atoms with Crippen LogP contribution in [-0.4, -0.2) is 32.4 Å². The van der Waals surface area contributed by atoms with Crippen LogP contribution in [0.5, 0.6) is 0 Å². The number of nitrogens with zero attached hydrogens (tertiary/aromatic N) is 4. The third-order valence-corrected chi connectivity index (χ3v) is 4.91. The fourth-order valence-corrected chi connectivity index (χ4v) is 3.61. The lowest BCUT2D eigenvalue weighted by atomic mass is 10.1. The Bertz CT molecular complexity index is 974. The lowest BCUT2D eigenvalue weighted by molar-refractivity contribution is 0.204. The summed E-state index contributed by atoms with van der Waals surface area (Å²) in [4.78, 5) is 14.8. The Hall–Kier alpha value is -3.09. The SMILES string of the molecule is Cc1cc(NC(=O)N2CCC[C@H]2c2cc(C)on2)n(-c2ccccc2C)n1. The van der Waals surface area contributed by atoms with Crippen LogP contribution >= 0.6 is 0 Å². The largest absolute Gasteiger partial charge is 0.361 e. The number of anilines is 1. The third kappa shape index (κ3) is 3.32. The van der Waals surface area contributed by atoms with Crippen LogP contribution < -0.4 is 5.32 Å². The summed E-state index contributed by atoms with van der Waals surface area (Å²) in [5, 5.41) is 11.7. The lowest BCUT2D eigenvalue weighted by Gasteiger charge is -2.23. The van der Waals surface area contributed by atoms with Crippen molar-refractivity contribution in [1.29, 1.82) is 0 Å². The van der Waals surface area contributed by atoms with Crippen molar-refractivity contribution in [2.45, 2.75) is 39.7 Å². The van der Waals surface area contributed by atoms with Crippen molar-refractivity contribution in [3.63, 3.8) is 0 Å². The van der Waals surface area contributed by atoms with E-state index in [1.807, 2.05) is 62.1 Å². The summed E-state index contributed by atoms with van der Waals surface area (Å²) in [5.41, 5.74) is 3.70. The van der Waals surface area contributed by atoms with Crippen molar-refractivity contribution >= 4 is 11.8 Å². The Balaban J connectivity index is 1.59. The van der Waals surface area contributed by atoms with Crippen LogP contribution in [-0.2, 0) is 0 Å². The van der Waals surface area contributed by atoms with E-state index in [1.54, 1.807) is 4.68 Å². The molecular weight excluding hydrogens is 342 g/mol. The van der Waals surface area contributed by atoms with Crippen LogP contribution in [0.1, 0.15) is 41.6 Å². The fourth-order valence-electron chi connectivity index (χ4n) is 3.61. The number of benzene rings is 1. The van der Waals surface area contributed by atoms with Crippen molar-refractivity contribution in [1.82, 2.24) is 19.8 Å². The van der Waals surface area contributed by atoms with E-state index < -0.39 is 0 Å². The van der Waals surface area contributed by atoms with Crippen molar-refractivity contribution in [2.24, 2.45) is 0 Å². The molecule has 1 N–H and O–H groups in total. The van der Waals surface area contributed by atoms with Gasteiger partial charge in [-0.3, -0.25) is 5.32 Å². The number of nitrogens with one attached hydrogen (secondary N) is 1. The Labute approximate surface area is 158 Å². The predicted octanol–water partition coefficient (Wildman–Crippen LogP) is 4.15. The van der Waals surface area contributed by atoms with E-state index in [4.69, 9.17) is 4.52 Å². The van der Waals surface area contributed by atoms with E-state index >= 15 is 0 Å². The summed E-state index contributed by atoms with van der Waals surface area (Å²) in [7, 11) is 0. The van der Waals surface area contributed by atoms with Crippen LogP contribution in [0, 0.1) is 20.8 Å². The zero-order chi connectivity index (χ0) is 19.0. The molecule has 0 saturated carbocycles. The Morgan fingerprint density at radius 1 is 1.22 bits per heavy atom. The number of aromatic nitrogens is 3. The Morgan fingerprint density at radius 2 is 2.04 bits per heavy atom. The lowest BCUT2D eigenvalue weighted by Crippen LogP contribution is -2.35. The number of hydrogen-bond acceptors (Lipinski definition) is 4. The number of urea groups is 1. The van der Waals surface area contributed by atoms with E-state index in [1.165, 1.54) is 0 Å². The van der Waals surface area contributed by atoms with E-state index in [2.05, 4.69) is 15.6 Å². The highest BCUT2D eigenvalue weighted by atomic mass is 16.5. The molecule has 3 heterocycles. The monoisotopic (exact) mass is 365 g/mol. The predicted molar refractivity (Wildman–Crippen MR) is 102 cm³/mol. The van der Waals surface area contributed by atoms with Gasteiger partial charge in [-0.25, -0.2) is 9.48 Å². The first-order valence-corrected chi connectivity index (χ1v) is 9.16. The molecule has 4 rings (SSSR count). The molecule has 0 bridgehead atoms. The maximum atomic E-state index is 13.0. The summed E-state index contributed by atoms with van der Waals surface area (Å²) in [6.07, 6.45) is 1.83. The molecule has 1 aliphatic heterocycles. The minimum atomic E-state index is -0.145. The number of rotatable bonds is 3. The number of carbonyl (C=O) groups is 1. The highest BCUT2D eigenvalue weighted by Gasteiger charge is 2.32. The highest BCUT2D eigenvalue weighted by molar-refractivity contribution is 5.89. The Morgan fingerprint density at radius 3 is 2.78 bits per heavy atom. The number of hydrogen-bond donors (Lipinski definition) is 1. The van der Waals surface area contributed by atoms with Gasteiger partial charge >= 0.3 is 6.03 Å². The van der Waals surface area contributed by atoms with Crippen LogP contribution in [0.3, 0.4) is 0 Å². The molecule has 7 heteroatoms. The van der Waals surface area contributed by atoms with E-state index in [0.717, 1.165) is 41.2 Å². The zero-order valence-corrected chi connectivity index (χ0v) is 15.8. The molecule has 1 fully saturated rings. The summed E-state index contributed by atoms with van der Waals surface area (Å²) in [5.74, 6) is 1.42. The standard InChI is InChI=1S/C20H23N5O2/c1-13-7-4-5-8-17(13)25-19(11-14(2)22-25)21-20(26)24-10-6-9-18(24)16-12-15(3)27-23-16/h4-5,7-8,11-12,18H,6,9-10H2,1-3H3,(H,21,26)/t18-/m0/s1. The van der Waals surface area contributed by atoms with Gasteiger partial charge in [0, 0.05) is 18.7 Å². The van der Waals surface area contributed by atoms with Crippen molar-refractivity contribution in [3.8, 4) is 5.69 Å². The van der Waals surface area contributed by atoms with Crippen LogP contribution in [0.15, 0.2) is 40.9 Å². The minimum Gasteiger partial charge on any atom is -0.361 e. The quantitative estimate of drug-likeness (QED) is 0.756. The van der Waals surface area contributed by atoms with Gasteiger partial charge in [0.05, 0.1) is 17.4 Å². The molecule has 0 unspecified atom stereocenters. The molecule has 1 atom stereocenters. The van der Waals surface area contributed by atoms with Crippen molar-refractivity contribution in [3.05, 3.63) is 59.1 Å². The van der Waals surface area contributed by atoms with Gasteiger partial charge in [0.25, 0.3) is 0 Å². The molecule has 2 amide bonds. The topological polar surface area (TPSA) is 76.2 Å². The molecule has 0 spiro atoms. The maximum Gasteiger partial charge on any atom is 0.323 e. The first-order valence-electron chi connectivity index (χ1n) is 9.16. The van der Waals surface area contributed by atoms with Crippen LogP contribution in [0.25, 0.3) is 5.69 Å². The average Bonchev–Trinajstić information content (AvgIpc) is 3.35. The van der Waals surface area contributed by atoms with Crippen molar-refractivity contribution < 1.29 is 9.32 Å². The van der Waals surface area contributed by atoms with Gasteiger partial charge in [-0.2, -0.15) is 5.10 Å². The van der Waals surface area contributed by atoms with Crippen LogP contribution in [0.4, 0.5) is 10.6 Å². The van der Waals surface area contributed by atoms with E-state index in [-0.39, 0.29) is 12.1 Å². The van der Waals surface area contributed by atoms with Gasteiger partial charge < -0.3 is 9.42 Å². The van der Waals surface area contributed by atoms with Crippen molar-refractivity contribution in [2.75, 3.05) is 11.9 Å². The molecule has 0 radical (unpaired) electrons. The highest BCUT2D eigenvalue weighted by Crippen LogP contribution is 2.32. The average molecular weight is 365 g/mol. The first kappa shape index (κ1) is 17.3. The fraction of sp³-hybridized carbons (Fsp3) is 0.350. The van der Waals surface area contributed by atoms with Gasteiger partial charge in [-0.05, 0) is 45.2 Å². The van der Waals surface area contributed by atoms with Gasteiger partial charge in [-0.15, -0.1) is 0 Å². The molecule has 2 aromatic heterocycles. The molecule has 7 nitrogen and oxygen atoms in total. The second-order valence-electron chi connectivity index (χ2n) is 7.01. The molecule has 1 saturated heterocycles. The summed E-state index contributed by atoms with van der Waals surface area (Å²) < 4.78 is 6.98. The zero-order valence-electron chi connectivity index (χ0n) is 15.8. The molecule has 3 aromatic rings. The summed E-state index contributed by atoms with van der Waals surface area (Å²) in [6.45, 7) is 6.50. The molecule has 0 aliphatic carbocycles. The third-order valence-electron chi connectivity index (χ3n) is 4.91. The number of carbonyl (C=O) groups excluding carboxylic acids is 1.